The van der Waals surface area contributed by atoms with Crippen LogP contribution in [-0.2, 0) is 12.8 Å². The third kappa shape index (κ3) is 2.71. The highest BCUT2D eigenvalue weighted by Crippen LogP contribution is 2.33. The van der Waals surface area contributed by atoms with Crippen molar-refractivity contribution in [1.82, 2.24) is 4.98 Å². The first-order chi connectivity index (χ1) is 11.7. The highest BCUT2D eigenvalue weighted by Gasteiger charge is 2.20. The molecule has 120 valence electrons. The average Bonchev–Trinajstić information content (AvgIpc) is 3.03. The molecule has 1 aromatic heterocycles. The lowest BCUT2D eigenvalue weighted by Crippen LogP contribution is -2.14. The van der Waals surface area contributed by atoms with E-state index in [0.29, 0.717) is 6.42 Å². The second-order valence-corrected chi connectivity index (χ2v) is 6.02. The van der Waals surface area contributed by atoms with Crippen LogP contribution < -0.4 is 4.90 Å². The van der Waals surface area contributed by atoms with Crippen molar-refractivity contribution >= 4 is 11.5 Å². The normalized spacial score (nSPS) is 13.1. The van der Waals surface area contributed by atoms with Gasteiger partial charge in [0.2, 0.25) is 0 Å². The Balaban J connectivity index is 1.61. The van der Waals surface area contributed by atoms with Crippen LogP contribution in [-0.4, -0.2) is 16.6 Å². The van der Waals surface area contributed by atoms with Crippen LogP contribution in [0, 0.1) is 5.82 Å². The van der Waals surface area contributed by atoms with E-state index in [0.717, 1.165) is 29.9 Å². The summed E-state index contributed by atoms with van der Waals surface area (Å²) in [7, 11) is 0. The summed E-state index contributed by atoms with van der Waals surface area (Å²) < 4.78 is 13.2. The van der Waals surface area contributed by atoms with E-state index in [1.807, 2.05) is 12.1 Å². The minimum absolute atomic E-state index is 0.310. The number of halogens is 1. The Labute approximate surface area is 140 Å². The Kier molecular flexibility index (Phi) is 3.65. The van der Waals surface area contributed by atoms with Gasteiger partial charge in [-0.3, -0.25) is 0 Å². The number of phenolic OH excluding ortho intramolecular Hbond substituents is 1. The van der Waals surface area contributed by atoms with Gasteiger partial charge in [0.15, 0.2) is 11.6 Å². The van der Waals surface area contributed by atoms with Gasteiger partial charge in [0.1, 0.15) is 5.82 Å². The first-order valence-corrected chi connectivity index (χ1v) is 7.98. The van der Waals surface area contributed by atoms with Crippen molar-refractivity contribution in [2.45, 2.75) is 12.8 Å². The molecule has 0 fully saturated rings. The molecule has 3 nitrogen and oxygen atoms in total. The predicted molar refractivity (Wildman–Crippen MR) is 92.3 cm³/mol. The summed E-state index contributed by atoms with van der Waals surface area (Å²) in [6, 6.07) is 16.9. The third-order valence-electron chi connectivity index (χ3n) is 4.39. The molecule has 3 aromatic rings. The van der Waals surface area contributed by atoms with Crippen molar-refractivity contribution in [3.8, 4) is 5.75 Å². The predicted octanol–water partition coefficient (Wildman–Crippen LogP) is 4.21. The summed E-state index contributed by atoms with van der Waals surface area (Å²) >= 11 is 0. The zero-order valence-electron chi connectivity index (χ0n) is 13.1. The highest BCUT2D eigenvalue weighted by atomic mass is 19.1. The molecule has 0 radical (unpaired) electrons. The number of aromatic nitrogens is 1. The van der Waals surface area contributed by atoms with E-state index >= 15 is 0 Å². The average molecular weight is 320 g/mol. The molecule has 24 heavy (non-hydrogen) atoms. The van der Waals surface area contributed by atoms with Crippen molar-refractivity contribution in [2.75, 3.05) is 11.4 Å². The molecule has 1 N–H and O–H groups in total. The Hall–Kier alpha value is -2.88. The molecule has 1 aliphatic rings. The number of nitrogens with zero attached hydrogens (tertiary/aromatic N) is 2. The lowest BCUT2D eigenvalue weighted by molar-refractivity contribution is 0.432. The molecule has 0 spiro atoms. The van der Waals surface area contributed by atoms with Gasteiger partial charge < -0.3 is 10.0 Å². The summed E-state index contributed by atoms with van der Waals surface area (Å²) in [5.74, 6) is 0.0156. The number of para-hydroxylation sites is 1. The van der Waals surface area contributed by atoms with E-state index in [-0.39, 0.29) is 5.75 Å². The van der Waals surface area contributed by atoms with Gasteiger partial charge in [0, 0.05) is 18.4 Å². The van der Waals surface area contributed by atoms with E-state index in [9.17, 15) is 9.50 Å². The minimum Gasteiger partial charge on any atom is -0.505 e. The smallest absolute Gasteiger partial charge is 0.164 e. The summed E-state index contributed by atoms with van der Waals surface area (Å²) in [4.78, 5) is 6.73. The summed E-state index contributed by atoms with van der Waals surface area (Å²) in [5, 5.41) is 9.52. The number of aromatic hydroxyl groups is 1. The van der Waals surface area contributed by atoms with Gasteiger partial charge >= 0.3 is 0 Å². The zero-order chi connectivity index (χ0) is 16.5. The first kappa shape index (κ1) is 14.7. The maximum atomic E-state index is 13.2. The maximum absolute atomic E-state index is 13.2. The molecule has 2 heterocycles. The zero-order valence-corrected chi connectivity index (χ0v) is 13.1. The lowest BCUT2D eigenvalue weighted by atomic mass is 10.1. The van der Waals surface area contributed by atoms with Crippen LogP contribution in [0.2, 0.25) is 0 Å². The fourth-order valence-corrected chi connectivity index (χ4v) is 3.20. The number of anilines is 2. The van der Waals surface area contributed by atoms with Crippen molar-refractivity contribution < 1.29 is 9.50 Å². The van der Waals surface area contributed by atoms with Gasteiger partial charge in [-0.2, -0.15) is 0 Å². The van der Waals surface area contributed by atoms with E-state index in [2.05, 4.69) is 34.1 Å². The topological polar surface area (TPSA) is 36.4 Å². The monoisotopic (exact) mass is 320 g/mol. The minimum atomic E-state index is -0.595. The quantitative estimate of drug-likeness (QED) is 0.785. The van der Waals surface area contributed by atoms with E-state index < -0.39 is 5.82 Å². The number of rotatable bonds is 3. The highest BCUT2D eigenvalue weighted by molar-refractivity contribution is 5.67. The lowest BCUT2D eigenvalue weighted by Gasteiger charge is -2.19. The number of fused-ring (bicyclic) bond motifs is 1. The van der Waals surface area contributed by atoms with Gasteiger partial charge in [0.25, 0.3) is 0 Å². The Morgan fingerprint density at radius 3 is 2.75 bits per heavy atom. The molecular weight excluding hydrogens is 303 g/mol. The molecule has 0 amide bonds. The largest absolute Gasteiger partial charge is 0.505 e. The van der Waals surface area contributed by atoms with Crippen LogP contribution in [0.25, 0.3) is 0 Å². The molecule has 4 rings (SSSR count). The van der Waals surface area contributed by atoms with Gasteiger partial charge in [-0.05, 0) is 59.9 Å². The van der Waals surface area contributed by atoms with Crippen molar-refractivity contribution in [2.24, 2.45) is 0 Å². The van der Waals surface area contributed by atoms with Gasteiger partial charge in [-0.15, -0.1) is 0 Å². The van der Waals surface area contributed by atoms with Crippen LogP contribution in [0.3, 0.4) is 0 Å². The molecule has 0 unspecified atom stereocenters. The summed E-state index contributed by atoms with van der Waals surface area (Å²) in [6.45, 7) is 0.924. The molecule has 0 saturated heterocycles. The van der Waals surface area contributed by atoms with Crippen LogP contribution in [0.5, 0.6) is 5.75 Å². The summed E-state index contributed by atoms with van der Waals surface area (Å²) in [5.41, 5.74) is 4.50. The van der Waals surface area contributed by atoms with Crippen LogP contribution in [0.4, 0.5) is 15.9 Å². The Morgan fingerprint density at radius 1 is 1.04 bits per heavy atom. The molecule has 1 aliphatic heterocycles. The maximum Gasteiger partial charge on any atom is 0.164 e. The SMILES string of the molecule is Oc1cc(Cc2ccnc(N3CCc4ccccc43)c2)ccc1F. The van der Waals surface area contributed by atoms with Crippen LogP contribution >= 0.6 is 0 Å². The standard InChI is InChI=1S/C20H17FN2O/c21-17-6-5-14(12-19(17)24)11-15-7-9-22-20(13-15)23-10-8-16-3-1-2-4-18(16)23/h1-7,9,12-13,24H,8,10-11H2. The van der Waals surface area contributed by atoms with Crippen molar-refractivity contribution in [3.05, 3.63) is 83.3 Å². The third-order valence-corrected chi connectivity index (χ3v) is 4.39. The number of pyridine rings is 1. The molecule has 0 saturated carbocycles. The molecule has 0 aliphatic carbocycles. The molecular formula is C20H17FN2O. The second-order valence-electron chi connectivity index (χ2n) is 6.02. The van der Waals surface area contributed by atoms with Gasteiger partial charge in [-0.1, -0.05) is 24.3 Å². The van der Waals surface area contributed by atoms with E-state index in [4.69, 9.17) is 0 Å². The molecule has 0 atom stereocenters. The van der Waals surface area contributed by atoms with Gasteiger partial charge in [-0.25, -0.2) is 9.37 Å². The Morgan fingerprint density at radius 2 is 1.88 bits per heavy atom. The Bertz CT molecular complexity index is 894. The fraction of sp³-hybridized carbons (Fsp3) is 0.150. The number of hydrogen-bond donors (Lipinski definition) is 1. The van der Waals surface area contributed by atoms with E-state index in [1.165, 1.54) is 23.4 Å². The summed E-state index contributed by atoms with van der Waals surface area (Å²) in [6.07, 6.45) is 3.45. The number of hydrogen-bond acceptors (Lipinski definition) is 3. The van der Waals surface area contributed by atoms with Crippen molar-refractivity contribution in [1.29, 1.82) is 0 Å². The second kappa shape index (κ2) is 5.96. The fourth-order valence-electron chi connectivity index (χ4n) is 3.20. The van der Waals surface area contributed by atoms with Crippen LogP contribution in [0.15, 0.2) is 60.8 Å². The first-order valence-electron chi connectivity index (χ1n) is 7.98. The van der Waals surface area contributed by atoms with E-state index in [1.54, 1.807) is 12.3 Å². The van der Waals surface area contributed by atoms with Crippen LogP contribution in [0.1, 0.15) is 16.7 Å². The van der Waals surface area contributed by atoms with Crippen molar-refractivity contribution in [3.63, 3.8) is 0 Å². The molecule has 2 aromatic carbocycles. The number of phenols is 1. The van der Waals surface area contributed by atoms with Gasteiger partial charge in [0.05, 0.1) is 0 Å². The molecule has 4 heteroatoms. The molecule has 0 bridgehead atoms. The number of benzene rings is 2.